The molecule has 6 nitrogen and oxygen atoms in total. The Morgan fingerprint density at radius 3 is 2.84 bits per heavy atom. The molecule has 0 spiro atoms. The minimum Gasteiger partial charge on any atom is -0.434 e. The molecule has 0 aliphatic carbocycles. The van der Waals surface area contributed by atoms with Crippen LogP contribution in [0.15, 0.2) is 21.2 Å². The first-order chi connectivity index (χ1) is 12.0. The molecule has 4 rings (SSSR count). The molecular weight excluding hydrogens is 354 g/mol. The van der Waals surface area contributed by atoms with Crippen molar-refractivity contribution >= 4 is 44.1 Å². The Bertz CT molecular complexity index is 1260. The molecule has 0 bridgehead atoms. The quantitative estimate of drug-likeness (QED) is 0.513. The molecule has 0 saturated carbocycles. The summed E-state index contributed by atoms with van der Waals surface area (Å²) in [6.07, 6.45) is -1.04. The zero-order valence-electron chi connectivity index (χ0n) is 13.1. The minimum absolute atomic E-state index is 0.0647. The van der Waals surface area contributed by atoms with Crippen LogP contribution in [0.1, 0.15) is 6.92 Å². The predicted molar refractivity (Wildman–Crippen MR) is 88.0 cm³/mol. The molecule has 128 valence electrons. The second-order valence-corrected chi connectivity index (χ2v) is 6.08. The summed E-state index contributed by atoms with van der Waals surface area (Å²) in [6.45, 7) is 1.67. The van der Waals surface area contributed by atoms with Crippen molar-refractivity contribution in [2.45, 2.75) is 6.92 Å². The van der Waals surface area contributed by atoms with Gasteiger partial charge in [0.2, 0.25) is 11.2 Å². The summed E-state index contributed by atoms with van der Waals surface area (Å²) < 4.78 is 39.7. The lowest BCUT2D eigenvalue weighted by Crippen LogP contribution is -2.17. The van der Waals surface area contributed by atoms with Crippen LogP contribution in [0.25, 0.3) is 26.6 Å². The van der Waals surface area contributed by atoms with Gasteiger partial charge in [-0.15, -0.1) is 11.3 Å². The van der Waals surface area contributed by atoms with Crippen LogP contribution in [0.3, 0.4) is 0 Å². The Balaban J connectivity index is 2.22. The van der Waals surface area contributed by atoms with Crippen molar-refractivity contribution < 1.29 is 23.0 Å². The third-order valence-corrected chi connectivity index (χ3v) is 4.87. The molecule has 4 aromatic rings. The van der Waals surface area contributed by atoms with Gasteiger partial charge in [-0.05, 0) is 13.0 Å². The van der Waals surface area contributed by atoms with Gasteiger partial charge in [-0.25, -0.2) is 13.6 Å². The zero-order chi connectivity index (χ0) is 17.9. The smallest absolute Gasteiger partial charge is 0.434 e. The van der Waals surface area contributed by atoms with Crippen molar-refractivity contribution in [3.8, 4) is 5.75 Å². The maximum atomic E-state index is 14.4. The van der Waals surface area contributed by atoms with E-state index >= 15 is 0 Å². The Hall–Kier alpha value is -2.81. The monoisotopic (exact) mass is 364 g/mol. The van der Waals surface area contributed by atoms with Gasteiger partial charge < -0.3 is 9.47 Å². The molecule has 0 radical (unpaired) electrons. The largest absolute Gasteiger partial charge is 0.514 e. The van der Waals surface area contributed by atoms with Crippen LogP contribution >= 0.6 is 11.3 Å². The second-order valence-electron chi connectivity index (χ2n) is 5.22. The predicted octanol–water partition coefficient (Wildman–Crippen LogP) is 2.89. The Morgan fingerprint density at radius 1 is 1.40 bits per heavy atom. The van der Waals surface area contributed by atoms with E-state index in [1.54, 1.807) is 16.7 Å². The Morgan fingerprint density at radius 2 is 2.16 bits per heavy atom. The van der Waals surface area contributed by atoms with E-state index in [9.17, 15) is 18.4 Å². The highest BCUT2D eigenvalue weighted by Gasteiger charge is 2.27. The van der Waals surface area contributed by atoms with Gasteiger partial charge in [-0.2, -0.15) is 0 Å². The third-order valence-electron chi connectivity index (χ3n) is 3.94. The maximum Gasteiger partial charge on any atom is 0.514 e. The number of rotatable bonds is 2. The average molecular weight is 364 g/mol. The van der Waals surface area contributed by atoms with Crippen LogP contribution in [0.2, 0.25) is 0 Å². The number of hydrogen-bond acceptors (Lipinski definition) is 6. The van der Waals surface area contributed by atoms with Crippen LogP contribution in [0.5, 0.6) is 5.75 Å². The van der Waals surface area contributed by atoms with E-state index in [0.29, 0.717) is 10.3 Å². The van der Waals surface area contributed by atoms with Crippen LogP contribution in [-0.4, -0.2) is 24.2 Å². The first kappa shape index (κ1) is 15.7. The fourth-order valence-electron chi connectivity index (χ4n) is 3.00. The molecule has 0 atom stereocenters. The summed E-state index contributed by atoms with van der Waals surface area (Å²) in [6, 6.07) is 0.807. The summed E-state index contributed by atoms with van der Waals surface area (Å²) in [5, 5.41) is 1.72. The summed E-state index contributed by atoms with van der Waals surface area (Å²) in [5.41, 5.74) is 0.00150. The van der Waals surface area contributed by atoms with Gasteiger partial charge in [0.1, 0.15) is 4.83 Å². The van der Waals surface area contributed by atoms with Crippen molar-refractivity contribution in [3.63, 3.8) is 0 Å². The lowest BCUT2D eigenvalue weighted by molar-refractivity contribution is 0.104. The van der Waals surface area contributed by atoms with Gasteiger partial charge in [-0.1, -0.05) is 0 Å². The first-order valence-corrected chi connectivity index (χ1v) is 8.17. The number of hydrogen-bond donors (Lipinski definition) is 0. The lowest BCUT2D eigenvalue weighted by atomic mass is 10.1. The molecule has 0 unspecified atom stereocenters. The number of carbonyl (C=O) groups excluding carboxylic acids is 1. The van der Waals surface area contributed by atoms with Crippen LogP contribution in [0.4, 0.5) is 13.6 Å². The number of halogens is 2. The Kier molecular flexibility index (Phi) is 3.36. The number of pyridine rings is 1. The van der Waals surface area contributed by atoms with E-state index < -0.39 is 23.2 Å². The number of ether oxygens (including phenoxy) is 2. The van der Waals surface area contributed by atoms with Crippen molar-refractivity contribution in [3.05, 3.63) is 38.7 Å². The molecular formula is C16H10F2N2O4S. The minimum atomic E-state index is -1.17. The first-order valence-electron chi connectivity index (χ1n) is 7.29. The van der Waals surface area contributed by atoms with E-state index in [4.69, 9.17) is 9.47 Å². The van der Waals surface area contributed by atoms with Gasteiger partial charge in [0.15, 0.2) is 11.6 Å². The van der Waals surface area contributed by atoms with Crippen molar-refractivity contribution in [1.82, 2.24) is 4.40 Å². The summed E-state index contributed by atoms with van der Waals surface area (Å²) in [7, 11) is 1.45. The van der Waals surface area contributed by atoms with Gasteiger partial charge in [0.05, 0.1) is 33.8 Å². The topological polar surface area (TPSA) is 69.4 Å². The molecule has 0 amide bonds. The normalized spacial score (nSPS) is 12.7. The number of carbonyl (C=O) groups is 1. The van der Waals surface area contributed by atoms with Gasteiger partial charge in [-0.3, -0.25) is 14.2 Å². The van der Waals surface area contributed by atoms with Gasteiger partial charge in [0, 0.05) is 12.4 Å². The zero-order valence-corrected chi connectivity index (χ0v) is 13.9. The molecule has 0 N–H and O–H groups in total. The number of aromatic nitrogens is 1. The fourth-order valence-corrected chi connectivity index (χ4v) is 3.97. The fraction of sp³-hybridized carbons (Fsp3) is 0.188. The van der Waals surface area contributed by atoms with Gasteiger partial charge >= 0.3 is 6.16 Å². The maximum absolute atomic E-state index is 14.4. The van der Waals surface area contributed by atoms with Crippen LogP contribution in [0, 0.1) is 11.6 Å². The molecule has 1 aromatic carbocycles. The highest BCUT2D eigenvalue weighted by atomic mass is 32.1. The molecule has 0 aliphatic rings. The van der Waals surface area contributed by atoms with Gasteiger partial charge in [0.25, 0.3) is 0 Å². The number of thiazole rings is 1. The van der Waals surface area contributed by atoms with Crippen LogP contribution in [-0.2, 0) is 4.74 Å². The molecule has 0 fully saturated rings. The molecule has 25 heavy (non-hydrogen) atoms. The molecule has 3 heterocycles. The average Bonchev–Trinajstić information content (AvgIpc) is 3.13. The standard InChI is InChI=1S/C16H10F2N2O4S/c1-3-23-16(22)24-14-13(21)6-4-7(17)10(18)9-11(19-2)8-5-25-15(14)20(8)12(6)9/h4-5H,3H2,1-2H3. The van der Waals surface area contributed by atoms with E-state index in [1.807, 2.05) is 0 Å². The highest BCUT2D eigenvalue weighted by molar-refractivity contribution is 7.16. The van der Waals surface area contributed by atoms with E-state index in [2.05, 4.69) is 4.99 Å². The van der Waals surface area contributed by atoms with Crippen molar-refractivity contribution in [2.24, 2.45) is 4.99 Å². The van der Waals surface area contributed by atoms with Crippen LogP contribution < -0.4 is 15.5 Å². The van der Waals surface area contributed by atoms with E-state index in [-0.39, 0.29) is 34.0 Å². The summed E-state index contributed by atoms with van der Waals surface area (Å²) in [4.78, 5) is 28.7. The van der Waals surface area contributed by atoms with E-state index in [1.165, 1.54) is 7.05 Å². The lowest BCUT2D eigenvalue weighted by Gasteiger charge is -2.08. The summed E-state index contributed by atoms with van der Waals surface area (Å²) in [5.74, 6) is -2.52. The van der Waals surface area contributed by atoms with Crippen molar-refractivity contribution in [1.29, 1.82) is 0 Å². The second kappa shape index (κ2) is 5.35. The molecule has 0 aliphatic heterocycles. The Labute approximate surface area is 142 Å². The van der Waals surface area contributed by atoms with E-state index in [0.717, 1.165) is 17.4 Å². The SMILES string of the molecule is CCOC(=O)Oc1c(=O)c2cc(F)c(F)c3c(=NC)c4csc1n4c23. The molecule has 3 aromatic heterocycles. The highest BCUT2D eigenvalue weighted by Crippen LogP contribution is 2.34. The third kappa shape index (κ3) is 1.95. The molecule has 9 heteroatoms. The number of nitrogens with zero attached hydrogens (tertiary/aromatic N) is 2. The number of benzene rings is 1. The molecule has 0 saturated heterocycles. The summed E-state index contributed by atoms with van der Waals surface area (Å²) >= 11 is 1.14. The van der Waals surface area contributed by atoms with Crippen molar-refractivity contribution in [2.75, 3.05) is 13.7 Å².